The average molecular weight is 173 g/mol. The minimum Gasteiger partial charge on any atom is -0.377 e. The molecule has 5 nitrogen and oxygen atoms in total. The summed E-state index contributed by atoms with van der Waals surface area (Å²) in [5.41, 5.74) is 3.96. The van der Waals surface area contributed by atoms with Crippen LogP contribution in [0.1, 0.15) is 5.69 Å². The molecule has 3 heterocycles. The second-order valence-electron chi connectivity index (χ2n) is 2.89. The van der Waals surface area contributed by atoms with Crippen molar-refractivity contribution in [1.29, 1.82) is 0 Å². The molecule has 2 aromatic rings. The molecule has 0 saturated heterocycles. The maximum absolute atomic E-state index is 4.09. The summed E-state index contributed by atoms with van der Waals surface area (Å²) < 4.78 is 0. The Morgan fingerprint density at radius 2 is 2.31 bits per heavy atom. The van der Waals surface area contributed by atoms with Crippen LogP contribution in [0.15, 0.2) is 18.5 Å². The molecular formula is C8H7N5. The van der Waals surface area contributed by atoms with E-state index in [1.54, 1.807) is 12.4 Å². The summed E-state index contributed by atoms with van der Waals surface area (Å²) in [4.78, 5) is 4.03. The molecule has 0 radical (unpaired) electrons. The number of anilines is 1. The first-order chi connectivity index (χ1) is 6.45. The normalized spacial score (nSPS) is 12.9. The predicted molar refractivity (Wildman–Crippen MR) is 46.9 cm³/mol. The van der Waals surface area contributed by atoms with E-state index in [-0.39, 0.29) is 0 Å². The van der Waals surface area contributed by atoms with Gasteiger partial charge in [0.1, 0.15) is 11.4 Å². The van der Waals surface area contributed by atoms with Gasteiger partial charge in [-0.15, -0.1) is 0 Å². The Bertz CT molecular complexity index is 447. The van der Waals surface area contributed by atoms with Crippen LogP contribution in [-0.4, -0.2) is 20.4 Å². The van der Waals surface area contributed by atoms with Crippen molar-refractivity contribution >= 4 is 5.69 Å². The lowest BCUT2D eigenvalue weighted by Crippen LogP contribution is -2.08. The van der Waals surface area contributed by atoms with Crippen molar-refractivity contribution in [3.63, 3.8) is 0 Å². The van der Waals surface area contributed by atoms with E-state index in [4.69, 9.17) is 0 Å². The fourth-order valence-corrected chi connectivity index (χ4v) is 1.51. The Morgan fingerprint density at radius 1 is 1.31 bits per heavy atom. The quantitative estimate of drug-likeness (QED) is 0.618. The minimum absolute atomic E-state index is 0.713. The first-order valence-corrected chi connectivity index (χ1v) is 4.03. The van der Waals surface area contributed by atoms with Gasteiger partial charge in [-0.2, -0.15) is 15.4 Å². The molecule has 5 heteroatoms. The number of fused-ring (bicyclic) bond motifs is 3. The molecule has 64 valence electrons. The van der Waals surface area contributed by atoms with Crippen molar-refractivity contribution in [2.24, 2.45) is 0 Å². The van der Waals surface area contributed by atoms with Gasteiger partial charge in [0, 0.05) is 11.8 Å². The molecule has 0 saturated carbocycles. The molecule has 2 N–H and O–H groups in total. The highest BCUT2D eigenvalue weighted by molar-refractivity contribution is 5.78. The van der Waals surface area contributed by atoms with Crippen LogP contribution in [-0.2, 0) is 6.54 Å². The van der Waals surface area contributed by atoms with Crippen LogP contribution in [0.2, 0.25) is 0 Å². The Kier molecular flexibility index (Phi) is 1.16. The van der Waals surface area contributed by atoms with Gasteiger partial charge in [0.2, 0.25) is 0 Å². The molecule has 0 spiro atoms. The Labute approximate surface area is 74.2 Å². The molecule has 2 aromatic heterocycles. The largest absolute Gasteiger partial charge is 0.377 e. The first kappa shape index (κ1) is 6.59. The number of nitrogens with zero attached hydrogens (tertiary/aromatic N) is 3. The van der Waals surface area contributed by atoms with E-state index in [0.717, 1.165) is 22.6 Å². The zero-order valence-electron chi connectivity index (χ0n) is 6.78. The van der Waals surface area contributed by atoms with E-state index in [2.05, 4.69) is 25.7 Å². The molecule has 0 bridgehead atoms. The third-order valence-corrected chi connectivity index (χ3v) is 2.14. The lowest BCUT2D eigenvalue weighted by molar-refractivity contribution is 0.913. The smallest absolute Gasteiger partial charge is 0.120 e. The monoisotopic (exact) mass is 173 g/mol. The van der Waals surface area contributed by atoms with E-state index in [9.17, 15) is 0 Å². The third-order valence-electron chi connectivity index (χ3n) is 2.14. The van der Waals surface area contributed by atoms with Crippen LogP contribution in [0, 0.1) is 0 Å². The van der Waals surface area contributed by atoms with Crippen molar-refractivity contribution in [2.75, 3.05) is 5.32 Å². The summed E-state index contributed by atoms with van der Waals surface area (Å²) in [7, 11) is 0. The van der Waals surface area contributed by atoms with Gasteiger partial charge in [0.05, 0.1) is 18.4 Å². The molecule has 0 aliphatic carbocycles. The molecule has 0 fully saturated rings. The van der Waals surface area contributed by atoms with Gasteiger partial charge in [-0.05, 0) is 6.07 Å². The van der Waals surface area contributed by atoms with Gasteiger partial charge in [-0.25, -0.2) is 0 Å². The highest BCUT2D eigenvalue weighted by Crippen LogP contribution is 2.31. The Morgan fingerprint density at radius 3 is 3.31 bits per heavy atom. The molecule has 3 rings (SSSR count). The van der Waals surface area contributed by atoms with Crippen molar-refractivity contribution in [3.8, 4) is 11.3 Å². The van der Waals surface area contributed by atoms with Crippen molar-refractivity contribution in [3.05, 3.63) is 24.2 Å². The maximum atomic E-state index is 4.09. The van der Waals surface area contributed by atoms with Gasteiger partial charge in [0.15, 0.2) is 0 Å². The van der Waals surface area contributed by atoms with Gasteiger partial charge in [0.25, 0.3) is 0 Å². The summed E-state index contributed by atoms with van der Waals surface area (Å²) >= 11 is 0. The lowest BCUT2D eigenvalue weighted by atomic mass is 10.1. The topological polar surface area (TPSA) is 66.5 Å². The van der Waals surface area contributed by atoms with E-state index in [1.165, 1.54) is 0 Å². The predicted octanol–water partition coefficient (Wildman–Crippen LogP) is 0.792. The number of nitrogens with one attached hydrogen (secondary N) is 2. The zero-order valence-corrected chi connectivity index (χ0v) is 6.78. The molecule has 1 aliphatic heterocycles. The number of pyridine rings is 1. The van der Waals surface area contributed by atoms with Gasteiger partial charge in [-0.1, -0.05) is 0 Å². The lowest BCUT2D eigenvalue weighted by Gasteiger charge is -2.14. The number of aromatic amines is 1. The summed E-state index contributed by atoms with van der Waals surface area (Å²) in [5.74, 6) is 0. The van der Waals surface area contributed by atoms with Crippen molar-refractivity contribution < 1.29 is 0 Å². The van der Waals surface area contributed by atoms with E-state index < -0.39 is 0 Å². The number of aromatic nitrogens is 4. The first-order valence-electron chi connectivity index (χ1n) is 4.03. The standard InChI is InChI=1S/C8H7N5/c1-2-9-3-6-5(1)8-7(4-10-6)11-13-12-8/h1-3,10H,4H2,(H,11,12,13). The van der Waals surface area contributed by atoms with Crippen LogP contribution >= 0.6 is 0 Å². The average Bonchev–Trinajstić information content (AvgIpc) is 2.65. The number of H-pyrrole nitrogens is 1. The third kappa shape index (κ3) is 0.837. The number of rotatable bonds is 0. The Balaban J connectivity index is 2.30. The maximum Gasteiger partial charge on any atom is 0.120 e. The summed E-state index contributed by atoms with van der Waals surface area (Å²) in [5, 5.41) is 14.0. The zero-order chi connectivity index (χ0) is 8.67. The fourth-order valence-electron chi connectivity index (χ4n) is 1.51. The molecule has 0 aromatic carbocycles. The molecule has 1 aliphatic rings. The number of hydrogen-bond acceptors (Lipinski definition) is 4. The highest BCUT2D eigenvalue weighted by Gasteiger charge is 2.18. The van der Waals surface area contributed by atoms with Gasteiger partial charge >= 0.3 is 0 Å². The van der Waals surface area contributed by atoms with Crippen LogP contribution in [0.5, 0.6) is 0 Å². The SMILES string of the molecule is c1cc2c(cn1)NCc1n[nH]nc1-2. The van der Waals surface area contributed by atoms with Crippen LogP contribution in [0.3, 0.4) is 0 Å². The molecular weight excluding hydrogens is 166 g/mol. The molecule has 0 atom stereocenters. The van der Waals surface area contributed by atoms with Crippen LogP contribution < -0.4 is 5.32 Å². The van der Waals surface area contributed by atoms with Crippen molar-refractivity contribution in [1.82, 2.24) is 20.4 Å². The molecule has 13 heavy (non-hydrogen) atoms. The fraction of sp³-hybridized carbons (Fsp3) is 0.125. The molecule has 0 amide bonds. The summed E-state index contributed by atoms with van der Waals surface area (Å²) in [6, 6.07) is 1.93. The van der Waals surface area contributed by atoms with Crippen LogP contribution in [0.4, 0.5) is 5.69 Å². The van der Waals surface area contributed by atoms with Gasteiger partial charge in [-0.3, -0.25) is 4.98 Å². The molecule has 0 unspecified atom stereocenters. The van der Waals surface area contributed by atoms with Crippen LogP contribution in [0.25, 0.3) is 11.3 Å². The summed E-state index contributed by atoms with van der Waals surface area (Å²) in [6.45, 7) is 0.713. The summed E-state index contributed by atoms with van der Waals surface area (Å²) in [6.07, 6.45) is 3.55. The van der Waals surface area contributed by atoms with Gasteiger partial charge < -0.3 is 5.32 Å². The van der Waals surface area contributed by atoms with E-state index >= 15 is 0 Å². The Hall–Kier alpha value is -1.91. The minimum atomic E-state index is 0.713. The van der Waals surface area contributed by atoms with Crippen molar-refractivity contribution in [2.45, 2.75) is 6.54 Å². The van der Waals surface area contributed by atoms with E-state index in [1.807, 2.05) is 6.07 Å². The second kappa shape index (κ2) is 2.29. The second-order valence-corrected chi connectivity index (χ2v) is 2.89. The number of hydrogen-bond donors (Lipinski definition) is 2. The van der Waals surface area contributed by atoms with E-state index in [0.29, 0.717) is 6.54 Å². The highest BCUT2D eigenvalue weighted by atomic mass is 15.3.